The molecule has 0 aromatic carbocycles. The number of methoxy groups -OCH3 is 1. The highest BCUT2D eigenvalue weighted by atomic mass is 32.2. The van der Waals surface area contributed by atoms with E-state index in [0.717, 1.165) is 32.5 Å². The normalized spacial score (nSPS) is 19.5. The van der Waals surface area contributed by atoms with Crippen molar-refractivity contribution in [2.24, 2.45) is 5.73 Å². The Labute approximate surface area is 116 Å². The average molecular weight is 293 g/mol. The van der Waals surface area contributed by atoms with E-state index in [1.165, 1.54) is 0 Å². The van der Waals surface area contributed by atoms with Gasteiger partial charge in [0.15, 0.2) is 0 Å². The van der Waals surface area contributed by atoms with E-state index in [1.54, 1.807) is 11.4 Å². The summed E-state index contributed by atoms with van der Waals surface area (Å²) in [4.78, 5) is 2.30. The van der Waals surface area contributed by atoms with Gasteiger partial charge in [-0.05, 0) is 38.9 Å². The molecule has 0 bridgehead atoms. The molecule has 2 N–H and O–H groups in total. The van der Waals surface area contributed by atoms with Crippen LogP contribution in [0.3, 0.4) is 0 Å². The average Bonchev–Trinajstić information content (AvgIpc) is 2.62. The van der Waals surface area contributed by atoms with Crippen LogP contribution < -0.4 is 5.73 Å². The van der Waals surface area contributed by atoms with Gasteiger partial charge in [0.1, 0.15) is 0 Å². The van der Waals surface area contributed by atoms with E-state index in [0.29, 0.717) is 32.7 Å². The number of sulfonamides is 1. The van der Waals surface area contributed by atoms with Gasteiger partial charge in [-0.15, -0.1) is 0 Å². The highest BCUT2D eigenvalue weighted by molar-refractivity contribution is 7.89. The molecule has 1 heterocycles. The molecule has 114 valence electrons. The Morgan fingerprint density at radius 2 is 1.95 bits per heavy atom. The molecule has 19 heavy (non-hydrogen) atoms. The van der Waals surface area contributed by atoms with Gasteiger partial charge in [-0.1, -0.05) is 0 Å². The van der Waals surface area contributed by atoms with Crippen molar-refractivity contribution < 1.29 is 13.2 Å². The van der Waals surface area contributed by atoms with Gasteiger partial charge in [0.05, 0.1) is 5.75 Å². The molecular formula is C12H27N3O3S. The topological polar surface area (TPSA) is 75.9 Å². The largest absolute Gasteiger partial charge is 0.385 e. The van der Waals surface area contributed by atoms with Crippen LogP contribution in [-0.4, -0.2) is 76.4 Å². The summed E-state index contributed by atoms with van der Waals surface area (Å²) in [5.74, 6) is 0.184. The van der Waals surface area contributed by atoms with Gasteiger partial charge in [-0.3, -0.25) is 0 Å². The van der Waals surface area contributed by atoms with Crippen LogP contribution in [0, 0.1) is 0 Å². The Morgan fingerprint density at radius 3 is 2.63 bits per heavy atom. The second-order valence-electron chi connectivity index (χ2n) is 4.90. The molecule has 1 fully saturated rings. The highest BCUT2D eigenvalue weighted by Crippen LogP contribution is 2.10. The van der Waals surface area contributed by atoms with E-state index < -0.39 is 10.0 Å². The quantitative estimate of drug-likeness (QED) is 0.622. The molecule has 0 saturated carbocycles. The van der Waals surface area contributed by atoms with Gasteiger partial charge in [-0.2, -0.15) is 0 Å². The third-order valence-electron chi connectivity index (χ3n) is 3.37. The number of nitrogens with zero attached hydrogens (tertiary/aromatic N) is 2. The zero-order valence-corrected chi connectivity index (χ0v) is 12.7. The molecule has 0 unspecified atom stereocenters. The lowest BCUT2D eigenvalue weighted by atomic mass is 10.3. The second kappa shape index (κ2) is 8.86. The molecule has 1 aliphatic rings. The van der Waals surface area contributed by atoms with Gasteiger partial charge in [0, 0.05) is 33.4 Å². The lowest BCUT2D eigenvalue weighted by Gasteiger charge is -2.21. The standard InChI is InChI=1S/C12H27N3O3S/c1-18-11-4-12-19(16,17)15-8-3-7-14(9-10-15)6-2-5-13/h2-13H2,1H3. The molecule has 1 saturated heterocycles. The van der Waals surface area contributed by atoms with E-state index in [9.17, 15) is 8.42 Å². The van der Waals surface area contributed by atoms with Gasteiger partial charge in [0.2, 0.25) is 10.0 Å². The summed E-state index contributed by atoms with van der Waals surface area (Å²) in [6.45, 7) is 5.15. The maximum atomic E-state index is 12.2. The molecule has 0 atom stereocenters. The van der Waals surface area contributed by atoms with Crippen LogP contribution in [0.25, 0.3) is 0 Å². The Balaban J connectivity index is 2.42. The van der Waals surface area contributed by atoms with Crippen LogP contribution in [0.2, 0.25) is 0 Å². The maximum Gasteiger partial charge on any atom is 0.214 e. The first kappa shape index (κ1) is 16.8. The van der Waals surface area contributed by atoms with E-state index in [-0.39, 0.29) is 5.75 Å². The van der Waals surface area contributed by atoms with Crippen LogP contribution in [0.15, 0.2) is 0 Å². The number of ether oxygens (including phenoxy) is 1. The van der Waals surface area contributed by atoms with Crippen molar-refractivity contribution >= 4 is 10.0 Å². The molecule has 0 spiro atoms. The summed E-state index contributed by atoms with van der Waals surface area (Å²) < 4.78 is 30.9. The first-order valence-electron chi connectivity index (χ1n) is 6.99. The minimum Gasteiger partial charge on any atom is -0.385 e. The van der Waals surface area contributed by atoms with Gasteiger partial charge >= 0.3 is 0 Å². The maximum absolute atomic E-state index is 12.2. The first-order valence-corrected chi connectivity index (χ1v) is 8.60. The molecule has 7 heteroatoms. The molecule has 6 nitrogen and oxygen atoms in total. The van der Waals surface area contributed by atoms with Crippen LogP contribution in [-0.2, 0) is 14.8 Å². The second-order valence-corrected chi connectivity index (χ2v) is 6.99. The van der Waals surface area contributed by atoms with Crippen LogP contribution in [0.5, 0.6) is 0 Å². The van der Waals surface area contributed by atoms with E-state index in [2.05, 4.69) is 4.90 Å². The molecule has 0 aromatic heterocycles. The monoisotopic (exact) mass is 293 g/mol. The number of hydrogen-bond donors (Lipinski definition) is 1. The Bertz CT molecular complexity index is 335. The Kier molecular flexibility index (Phi) is 7.86. The third-order valence-corrected chi connectivity index (χ3v) is 5.33. The SMILES string of the molecule is COCCCS(=O)(=O)N1CCCN(CCCN)CC1. The number of nitrogens with two attached hydrogens (primary N) is 1. The highest BCUT2D eigenvalue weighted by Gasteiger charge is 2.24. The van der Waals surface area contributed by atoms with Crippen molar-refractivity contribution in [3.05, 3.63) is 0 Å². The molecular weight excluding hydrogens is 266 g/mol. The number of hydrogen-bond acceptors (Lipinski definition) is 5. The van der Waals surface area contributed by atoms with Crippen molar-refractivity contribution in [2.45, 2.75) is 19.3 Å². The molecule has 1 rings (SSSR count). The van der Waals surface area contributed by atoms with Crippen LogP contribution in [0.4, 0.5) is 0 Å². The molecule has 0 aromatic rings. The van der Waals surface area contributed by atoms with Crippen molar-refractivity contribution in [1.82, 2.24) is 9.21 Å². The minimum atomic E-state index is -3.12. The molecule has 1 aliphatic heterocycles. The van der Waals surface area contributed by atoms with Crippen molar-refractivity contribution in [1.29, 1.82) is 0 Å². The zero-order valence-electron chi connectivity index (χ0n) is 11.9. The van der Waals surface area contributed by atoms with Crippen LogP contribution in [0.1, 0.15) is 19.3 Å². The summed E-state index contributed by atoms with van der Waals surface area (Å²) in [7, 11) is -1.53. The predicted octanol–water partition coefficient (Wildman–Crippen LogP) is -0.291. The molecule has 0 amide bonds. The Hall–Kier alpha value is -0.210. The van der Waals surface area contributed by atoms with Crippen LogP contribution >= 0.6 is 0 Å². The van der Waals surface area contributed by atoms with E-state index in [4.69, 9.17) is 10.5 Å². The van der Waals surface area contributed by atoms with Crippen molar-refractivity contribution in [2.75, 3.05) is 58.7 Å². The zero-order chi connectivity index (χ0) is 14.1. The summed E-state index contributed by atoms with van der Waals surface area (Å²) in [5, 5.41) is 0. The van der Waals surface area contributed by atoms with Crippen molar-refractivity contribution in [3.63, 3.8) is 0 Å². The number of rotatable bonds is 8. The summed E-state index contributed by atoms with van der Waals surface area (Å²) >= 11 is 0. The fourth-order valence-corrected chi connectivity index (χ4v) is 3.79. The van der Waals surface area contributed by atoms with E-state index in [1.807, 2.05) is 0 Å². The summed E-state index contributed by atoms with van der Waals surface area (Å²) in [6.07, 6.45) is 2.43. The minimum absolute atomic E-state index is 0.184. The predicted molar refractivity (Wildman–Crippen MR) is 76.6 cm³/mol. The van der Waals surface area contributed by atoms with Gasteiger partial charge in [-0.25, -0.2) is 12.7 Å². The fraction of sp³-hybridized carbons (Fsp3) is 1.00. The lowest BCUT2D eigenvalue weighted by molar-refractivity contribution is 0.199. The summed E-state index contributed by atoms with van der Waals surface area (Å²) in [6, 6.07) is 0. The van der Waals surface area contributed by atoms with Crippen molar-refractivity contribution in [3.8, 4) is 0 Å². The van der Waals surface area contributed by atoms with E-state index >= 15 is 0 Å². The van der Waals surface area contributed by atoms with Gasteiger partial charge in [0.25, 0.3) is 0 Å². The third kappa shape index (κ3) is 6.18. The van der Waals surface area contributed by atoms with Gasteiger partial charge < -0.3 is 15.4 Å². The molecule has 0 radical (unpaired) electrons. The fourth-order valence-electron chi connectivity index (χ4n) is 2.28. The summed E-state index contributed by atoms with van der Waals surface area (Å²) in [5.41, 5.74) is 5.50. The first-order chi connectivity index (χ1) is 9.10. The Morgan fingerprint density at radius 1 is 1.16 bits per heavy atom. The lowest BCUT2D eigenvalue weighted by Crippen LogP contribution is -2.37. The molecule has 0 aliphatic carbocycles. The smallest absolute Gasteiger partial charge is 0.214 e.